The second kappa shape index (κ2) is 11.1. The van der Waals surface area contributed by atoms with Gasteiger partial charge in [0.15, 0.2) is 0 Å². The number of amides is 1. The molecule has 2 fully saturated rings. The second-order valence-electron chi connectivity index (χ2n) is 11.1. The molecule has 0 unspecified atom stereocenters. The molecule has 0 bridgehead atoms. The molecule has 218 valence electrons. The highest BCUT2D eigenvalue weighted by Gasteiger charge is 2.41. The molecule has 4 heterocycles. The molecule has 0 spiro atoms. The number of halogens is 3. The van der Waals surface area contributed by atoms with Gasteiger partial charge in [-0.1, -0.05) is 18.2 Å². The maximum absolute atomic E-state index is 14.7. The van der Waals surface area contributed by atoms with Crippen LogP contribution in [0.2, 0.25) is 0 Å². The van der Waals surface area contributed by atoms with Gasteiger partial charge in [0.25, 0.3) is 6.43 Å². The van der Waals surface area contributed by atoms with Crippen molar-refractivity contribution in [2.75, 3.05) is 38.2 Å². The van der Waals surface area contributed by atoms with Crippen molar-refractivity contribution < 1.29 is 32.5 Å². The summed E-state index contributed by atoms with van der Waals surface area (Å²) >= 11 is 0. The highest BCUT2D eigenvalue weighted by Crippen LogP contribution is 2.46. The van der Waals surface area contributed by atoms with Crippen LogP contribution in [-0.4, -0.2) is 58.8 Å². The first-order chi connectivity index (χ1) is 19.7. The van der Waals surface area contributed by atoms with Crippen molar-refractivity contribution >= 4 is 22.6 Å². The molecule has 2 aromatic carbocycles. The Labute approximate surface area is 235 Å². The zero-order valence-electron chi connectivity index (χ0n) is 22.9. The molecular weight excluding hydrogens is 537 g/mol. The Morgan fingerprint density at radius 3 is 2.68 bits per heavy atom. The van der Waals surface area contributed by atoms with E-state index in [0.717, 1.165) is 24.5 Å². The molecule has 3 aliphatic heterocycles. The van der Waals surface area contributed by atoms with E-state index in [1.54, 1.807) is 6.92 Å². The number of piperidine rings is 1. The van der Waals surface area contributed by atoms with Crippen molar-refractivity contribution in [3.8, 4) is 5.75 Å². The number of aryl methyl sites for hydroxylation is 1. The number of nitrogens with one attached hydrogen (secondary N) is 1. The average molecular weight is 571 g/mol. The fourth-order valence-corrected chi connectivity index (χ4v) is 6.21. The predicted molar refractivity (Wildman–Crippen MR) is 145 cm³/mol. The van der Waals surface area contributed by atoms with Gasteiger partial charge >= 0.3 is 0 Å². The van der Waals surface area contributed by atoms with Gasteiger partial charge in [-0.05, 0) is 38.7 Å². The first-order valence-corrected chi connectivity index (χ1v) is 14.1. The Kier molecular flexibility index (Phi) is 7.50. The van der Waals surface area contributed by atoms with E-state index in [1.165, 1.54) is 12.1 Å². The van der Waals surface area contributed by atoms with Crippen LogP contribution in [0.4, 0.5) is 19.0 Å². The predicted octanol–water partition coefficient (Wildman–Crippen LogP) is 4.80. The number of rotatable bonds is 6. The van der Waals surface area contributed by atoms with E-state index >= 15 is 0 Å². The number of likely N-dealkylation sites (tertiary alicyclic amines) is 1. The molecular formula is C30H33F3N4O4. The normalized spacial score (nSPS) is 18.9. The number of hydrogen-bond acceptors (Lipinski definition) is 7. The van der Waals surface area contributed by atoms with Gasteiger partial charge < -0.3 is 24.8 Å². The first-order valence-electron chi connectivity index (χ1n) is 14.1. The summed E-state index contributed by atoms with van der Waals surface area (Å²) in [6.07, 6.45) is -0.171. The first kappa shape index (κ1) is 27.7. The molecule has 1 aromatic heterocycles. The Bertz CT molecular complexity index is 1470. The quantitative estimate of drug-likeness (QED) is 0.440. The van der Waals surface area contributed by atoms with Gasteiger partial charge in [0, 0.05) is 67.3 Å². The van der Waals surface area contributed by atoms with Crippen LogP contribution in [-0.2, 0) is 28.1 Å². The summed E-state index contributed by atoms with van der Waals surface area (Å²) in [5, 5.41) is 15.7. The Morgan fingerprint density at radius 1 is 1.20 bits per heavy atom. The van der Waals surface area contributed by atoms with Gasteiger partial charge in [-0.25, -0.2) is 23.1 Å². The number of hydrogen-bond donors (Lipinski definition) is 2. The van der Waals surface area contributed by atoms with E-state index in [1.807, 2.05) is 11.0 Å². The molecule has 6 rings (SSSR count). The Morgan fingerprint density at radius 2 is 1.95 bits per heavy atom. The van der Waals surface area contributed by atoms with E-state index in [2.05, 4.69) is 15.3 Å². The molecule has 0 saturated carbocycles. The summed E-state index contributed by atoms with van der Waals surface area (Å²) in [6, 6.07) is 5.76. The van der Waals surface area contributed by atoms with Gasteiger partial charge in [0.05, 0.1) is 23.3 Å². The molecule has 11 heteroatoms. The molecule has 1 amide bonds. The van der Waals surface area contributed by atoms with Gasteiger partial charge in [-0.15, -0.1) is 0 Å². The lowest BCUT2D eigenvalue weighted by Gasteiger charge is -2.40. The third-order valence-electron chi connectivity index (χ3n) is 8.51. The molecule has 2 saturated heterocycles. The highest BCUT2D eigenvalue weighted by molar-refractivity contribution is 5.94. The molecule has 0 atom stereocenters. The largest absolute Gasteiger partial charge is 0.492 e. The molecule has 3 aliphatic rings. The van der Waals surface area contributed by atoms with E-state index in [-0.39, 0.29) is 23.9 Å². The summed E-state index contributed by atoms with van der Waals surface area (Å²) < 4.78 is 52.6. The maximum atomic E-state index is 14.7. The summed E-state index contributed by atoms with van der Waals surface area (Å²) in [7, 11) is 0. The van der Waals surface area contributed by atoms with Crippen LogP contribution < -0.4 is 10.1 Å². The molecule has 0 radical (unpaired) electrons. The van der Waals surface area contributed by atoms with Gasteiger partial charge in [-0.2, -0.15) is 0 Å². The lowest BCUT2D eigenvalue weighted by Crippen LogP contribution is -2.47. The summed E-state index contributed by atoms with van der Waals surface area (Å²) in [5.74, 6) is 0.654. The third kappa shape index (κ3) is 5.21. The van der Waals surface area contributed by atoms with Crippen LogP contribution >= 0.6 is 0 Å². The number of carbonyl (C=O) groups excluding carboxylic acids is 1. The summed E-state index contributed by atoms with van der Waals surface area (Å²) in [6.45, 7) is 4.17. The van der Waals surface area contributed by atoms with Crippen LogP contribution in [0.1, 0.15) is 60.2 Å². The van der Waals surface area contributed by atoms with Gasteiger partial charge in [-0.3, -0.25) is 4.79 Å². The molecule has 41 heavy (non-hydrogen) atoms. The van der Waals surface area contributed by atoms with Crippen LogP contribution in [0.5, 0.6) is 5.75 Å². The topological polar surface area (TPSA) is 96.8 Å². The standard InChI is InChI=1S/C30H33F3N4O4/c1-17-35-25-21-7-14-41-26(21)23(30(39)8-10-37(11-9-30)29(38)18-5-12-40-13-6-18)15-22(25)28(36-17)34-16-19-3-2-4-20(24(19)31)27(32)33/h2-4,15,18,27,39H,5-14,16H2,1H3,(H,34,35,36). The lowest BCUT2D eigenvalue weighted by atomic mass is 9.81. The van der Waals surface area contributed by atoms with Gasteiger partial charge in [0.2, 0.25) is 5.91 Å². The SMILES string of the molecule is Cc1nc(NCc2cccc(C(F)F)c2F)c2cc(C3(O)CCN(C(=O)C4CCOCC4)CC3)c3c(c2n1)CCO3. The van der Waals surface area contributed by atoms with Crippen molar-refractivity contribution in [1.82, 2.24) is 14.9 Å². The number of nitrogens with zero attached hydrogens (tertiary/aromatic N) is 3. The molecule has 0 aliphatic carbocycles. The third-order valence-corrected chi connectivity index (χ3v) is 8.51. The zero-order valence-corrected chi connectivity index (χ0v) is 22.9. The minimum Gasteiger partial charge on any atom is -0.492 e. The van der Waals surface area contributed by atoms with Crippen molar-refractivity contribution in [2.24, 2.45) is 5.92 Å². The van der Waals surface area contributed by atoms with Crippen molar-refractivity contribution in [1.29, 1.82) is 0 Å². The summed E-state index contributed by atoms with van der Waals surface area (Å²) in [5.41, 5.74) is 0.387. The number of fused-ring (bicyclic) bond motifs is 3. The van der Waals surface area contributed by atoms with E-state index < -0.39 is 23.4 Å². The van der Waals surface area contributed by atoms with Crippen LogP contribution in [0.25, 0.3) is 10.9 Å². The van der Waals surface area contributed by atoms with Crippen LogP contribution in [0, 0.1) is 18.7 Å². The number of aromatic nitrogens is 2. The minimum absolute atomic E-state index is 0.0385. The van der Waals surface area contributed by atoms with Gasteiger partial charge in [0.1, 0.15) is 23.2 Å². The second-order valence-corrected chi connectivity index (χ2v) is 11.1. The average Bonchev–Trinajstić information content (AvgIpc) is 3.47. The molecule has 8 nitrogen and oxygen atoms in total. The highest BCUT2D eigenvalue weighted by atomic mass is 19.3. The number of carbonyl (C=O) groups is 1. The zero-order chi connectivity index (χ0) is 28.7. The number of anilines is 1. The number of ether oxygens (including phenoxy) is 2. The smallest absolute Gasteiger partial charge is 0.266 e. The fraction of sp³-hybridized carbons (Fsp3) is 0.500. The summed E-state index contributed by atoms with van der Waals surface area (Å²) in [4.78, 5) is 24.1. The number of aliphatic hydroxyl groups is 1. The van der Waals surface area contributed by atoms with E-state index in [4.69, 9.17) is 9.47 Å². The Hall–Kier alpha value is -3.44. The molecule has 2 N–H and O–H groups in total. The van der Waals surface area contributed by atoms with Crippen molar-refractivity contribution in [3.05, 3.63) is 58.2 Å². The monoisotopic (exact) mass is 570 g/mol. The van der Waals surface area contributed by atoms with E-state index in [9.17, 15) is 23.1 Å². The van der Waals surface area contributed by atoms with Crippen LogP contribution in [0.15, 0.2) is 24.3 Å². The minimum atomic E-state index is -2.92. The fourth-order valence-electron chi connectivity index (χ4n) is 6.21. The maximum Gasteiger partial charge on any atom is 0.266 e. The Balaban J connectivity index is 1.31. The van der Waals surface area contributed by atoms with Crippen molar-refractivity contribution in [3.63, 3.8) is 0 Å². The van der Waals surface area contributed by atoms with Crippen LogP contribution in [0.3, 0.4) is 0 Å². The molecule has 3 aromatic rings. The lowest BCUT2D eigenvalue weighted by molar-refractivity contribution is -0.143. The van der Waals surface area contributed by atoms with E-state index in [0.29, 0.717) is 86.0 Å². The van der Waals surface area contributed by atoms with Crippen molar-refractivity contribution in [2.45, 2.75) is 57.6 Å². The number of benzene rings is 2. The number of alkyl halides is 2.